The molecule has 0 aliphatic heterocycles. The minimum atomic E-state index is -3.82. The van der Waals surface area contributed by atoms with Crippen LogP contribution in [0.3, 0.4) is 0 Å². The van der Waals surface area contributed by atoms with Gasteiger partial charge >= 0.3 is 0 Å². The number of amides is 2. The first-order valence-corrected chi connectivity index (χ1v) is 14.0. The first-order chi connectivity index (χ1) is 17.5. The second kappa shape index (κ2) is 12.1. The standard InChI is InChI=1S/C28H35N3O5S/c1-20(2)17-29-28(33)21(3)30(18-22-13-15-24(36-4)16-14-22)27(32)19-31(37(5,34)35)26-12-8-10-23-9-6-7-11-25(23)26/h6-16,20-21H,17-19H2,1-5H3,(H,29,33)/t21-/m1/s1. The number of rotatable bonds is 11. The van der Waals surface area contributed by atoms with Gasteiger partial charge in [0.05, 0.1) is 19.1 Å². The van der Waals surface area contributed by atoms with Crippen LogP contribution in [0.25, 0.3) is 10.8 Å². The molecule has 0 unspecified atom stereocenters. The molecule has 2 amide bonds. The van der Waals surface area contributed by atoms with Crippen molar-refractivity contribution in [1.29, 1.82) is 0 Å². The number of sulfonamides is 1. The molecule has 0 bridgehead atoms. The summed E-state index contributed by atoms with van der Waals surface area (Å²) >= 11 is 0. The summed E-state index contributed by atoms with van der Waals surface area (Å²) in [5.41, 5.74) is 1.20. The van der Waals surface area contributed by atoms with E-state index in [2.05, 4.69) is 5.32 Å². The number of nitrogens with one attached hydrogen (secondary N) is 1. The third kappa shape index (κ3) is 7.22. The summed E-state index contributed by atoms with van der Waals surface area (Å²) in [5.74, 6) is 0.130. The number of anilines is 1. The Bertz CT molecular complexity index is 1330. The molecule has 0 aromatic heterocycles. The van der Waals surface area contributed by atoms with Crippen LogP contribution in [0.4, 0.5) is 5.69 Å². The molecule has 3 aromatic rings. The number of hydrogen-bond donors (Lipinski definition) is 1. The van der Waals surface area contributed by atoms with Gasteiger partial charge in [0.25, 0.3) is 0 Å². The molecular formula is C28H35N3O5S. The maximum atomic E-state index is 13.7. The average molecular weight is 526 g/mol. The van der Waals surface area contributed by atoms with Crippen LogP contribution in [0.1, 0.15) is 26.3 Å². The zero-order valence-corrected chi connectivity index (χ0v) is 22.8. The zero-order chi connectivity index (χ0) is 27.2. The molecule has 1 atom stereocenters. The van der Waals surface area contributed by atoms with Crippen molar-refractivity contribution in [3.05, 3.63) is 72.3 Å². The minimum absolute atomic E-state index is 0.131. The van der Waals surface area contributed by atoms with Gasteiger partial charge in [0.15, 0.2) is 0 Å². The molecule has 3 rings (SSSR count). The minimum Gasteiger partial charge on any atom is -0.497 e. The monoisotopic (exact) mass is 525 g/mol. The van der Waals surface area contributed by atoms with E-state index >= 15 is 0 Å². The molecule has 0 radical (unpaired) electrons. The first-order valence-electron chi connectivity index (χ1n) is 12.2. The lowest BCUT2D eigenvalue weighted by atomic mass is 10.1. The fourth-order valence-electron chi connectivity index (χ4n) is 3.98. The number of ether oxygens (including phenoxy) is 1. The molecule has 0 aliphatic rings. The molecule has 0 spiro atoms. The van der Waals surface area contributed by atoms with E-state index in [-0.39, 0.29) is 18.4 Å². The van der Waals surface area contributed by atoms with Crippen molar-refractivity contribution in [2.24, 2.45) is 5.92 Å². The Morgan fingerprint density at radius 1 is 0.946 bits per heavy atom. The van der Waals surface area contributed by atoms with Crippen molar-refractivity contribution in [1.82, 2.24) is 10.2 Å². The predicted octanol–water partition coefficient (Wildman–Crippen LogP) is 3.80. The highest BCUT2D eigenvalue weighted by Crippen LogP contribution is 2.28. The molecule has 9 heteroatoms. The van der Waals surface area contributed by atoms with Gasteiger partial charge in [0, 0.05) is 18.5 Å². The zero-order valence-electron chi connectivity index (χ0n) is 22.0. The number of methoxy groups -OCH3 is 1. The summed E-state index contributed by atoms with van der Waals surface area (Å²) in [7, 11) is -2.25. The third-order valence-electron chi connectivity index (χ3n) is 6.08. The quantitative estimate of drug-likeness (QED) is 0.411. The fraction of sp³-hybridized carbons (Fsp3) is 0.357. The van der Waals surface area contributed by atoms with Gasteiger partial charge in [0.2, 0.25) is 21.8 Å². The SMILES string of the molecule is COc1ccc(CN(C(=O)CN(c2cccc3ccccc23)S(C)(=O)=O)[C@H](C)C(=O)NCC(C)C)cc1. The Hall–Kier alpha value is -3.59. The molecule has 0 saturated heterocycles. The van der Waals surface area contributed by atoms with Crippen LogP contribution in [-0.4, -0.2) is 57.6 Å². The number of carbonyl (C=O) groups is 2. The molecule has 0 fully saturated rings. The average Bonchev–Trinajstić information content (AvgIpc) is 2.87. The van der Waals surface area contributed by atoms with E-state index in [1.54, 1.807) is 38.3 Å². The van der Waals surface area contributed by atoms with Crippen LogP contribution in [0.2, 0.25) is 0 Å². The van der Waals surface area contributed by atoms with Crippen molar-refractivity contribution in [3.63, 3.8) is 0 Å². The lowest BCUT2D eigenvalue weighted by Crippen LogP contribution is -2.51. The van der Waals surface area contributed by atoms with Gasteiger partial charge in [-0.15, -0.1) is 0 Å². The summed E-state index contributed by atoms with van der Waals surface area (Å²) < 4.78 is 32.1. The van der Waals surface area contributed by atoms with E-state index in [1.165, 1.54) is 4.90 Å². The maximum Gasteiger partial charge on any atom is 0.244 e. The summed E-state index contributed by atoms with van der Waals surface area (Å²) in [6.07, 6.45) is 1.08. The molecule has 0 heterocycles. The number of benzene rings is 3. The summed E-state index contributed by atoms with van der Waals surface area (Å²) in [5, 5.41) is 4.45. The van der Waals surface area contributed by atoms with Crippen molar-refractivity contribution in [2.45, 2.75) is 33.4 Å². The van der Waals surface area contributed by atoms with Crippen molar-refractivity contribution >= 4 is 38.3 Å². The van der Waals surface area contributed by atoms with E-state index in [0.717, 1.165) is 21.5 Å². The highest BCUT2D eigenvalue weighted by molar-refractivity contribution is 7.92. The lowest BCUT2D eigenvalue weighted by Gasteiger charge is -2.32. The molecule has 3 aromatic carbocycles. The van der Waals surface area contributed by atoms with Crippen LogP contribution in [-0.2, 0) is 26.2 Å². The number of hydrogen-bond acceptors (Lipinski definition) is 5. The van der Waals surface area contributed by atoms with Crippen LogP contribution in [0.15, 0.2) is 66.7 Å². The molecular weight excluding hydrogens is 490 g/mol. The molecule has 0 saturated carbocycles. The highest BCUT2D eigenvalue weighted by atomic mass is 32.2. The highest BCUT2D eigenvalue weighted by Gasteiger charge is 2.30. The van der Waals surface area contributed by atoms with Gasteiger partial charge in [-0.3, -0.25) is 13.9 Å². The summed E-state index contributed by atoms with van der Waals surface area (Å²) in [6, 6.07) is 19.1. The van der Waals surface area contributed by atoms with Gasteiger partial charge in [-0.25, -0.2) is 8.42 Å². The van der Waals surface area contributed by atoms with Crippen LogP contribution in [0, 0.1) is 5.92 Å². The Morgan fingerprint density at radius 2 is 1.59 bits per heavy atom. The Balaban J connectivity index is 1.96. The summed E-state index contributed by atoms with van der Waals surface area (Å²) in [6.45, 7) is 5.79. The van der Waals surface area contributed by atoms with Crippen LogP contribution < -0.4 is 14.4 Å². The topological polar surface area (TPSA) is 96.0 Å². The number of fused-ring (bicyclic) bond motifs is 1. The van der Waals surface area contributed by atoms with E-state index < -0.39 is 28.5 Å². The fourth-order valence-corrected chi connectivity index (χ4v) is 4.84. The number of carbonyl (C=O) groups excluding carboxylic acids is 2. The first kappa shape index (κ1) is 28.0. The van der Waals surface area contributed by atoms with E-state index in [1.807, 2.05) is 56.3 Å². The molecule has 1 N–H and O–H groups in total. The largest absolute Gasteiger partial charge is 0.497 e. The second-order valence-electron chi connectivity index (χ2n) is 9.45. The van der Waals surface area contributed by atoms with Crippen LogP contribution >= 0.6 is 0 Å². The van der Waals surface area contributed by atoms with Crippen molar-refractivity contribution in [2.75, 3.05) is 30.8 Å². The second-order valence-corrected chi connectivity index (χ2v) is 11.4. The van der Waals surface area contributed by atoms with Crippen LogP contribution in [0.5, 0.6) is 5.75 Å². The van der Waals surface area contributed by atoms with E-state index in [4.69, 9.17) is 4.74 Å². The summed E-state index contributed by atoms with van der Waals surface area (Å²) in [4.78, 5) is 28.1. The predicted molar refractivity (Wildman–Crippen MR) is 147 cm³/mol. The van der Waals surface area contributed by atoms with Gasteiger partial charge in [0.1, 0.15) is 18.3 Å². The van der Waals surface area contributed by atoms with E-state index in [0.29, 0.717) is 23.4 Å². The maximum absolute atomic E-state index is 13.7. The smallest absolute Gasteiger partial charge is 0.244 e. The normalized spacial score (nSPS) is 12.3. The Morgan fingerprint density at radius 3 is 2.22 bits per heavy atom. The molecule has 37 heavy (non-hydrogen) atoms. The van der Waals surface area contributed by atoms with Gasteiger partial charge in [-0.05, 0) is 42.0 Å². The molecule has 198 valence electrons. The van der Waals surface area contributed by atoms with Crippen molar-refractivity contribution in [3.8, 4) is 5.75 Å². The molecule has 0 aliphatic carbocycles. The van der Waals surface area contributed by atoms with Gasteiger partial charge in [-0.1, -0.05) is 62.4 Å². The third-order valence-corrected chi connectivity index (χ3v) is 7.20. The Kier molecular flexibility index (Phi) is 9.15. The lowest BCUT2D eigenvalue weighted by molar-refractivity contribution is -0.139. The van der Waals surface area contributed by atoms with Gasteiger partial charge in [-0.2, -0.15) is 0 Å². The molecule has 8 nitrogen and oxygen atoms in total. The van der Waals surface area contributed by atoms with E-state index in [9.17, 15) is 18.0 Å². The van der Waals surface area contributed by atoms with Crippen molar-refractivity contribution < 1.29 is 22.7 Å². The Labute approximate surface area is 219 Å². The van der Waals surface area contributed by atoms with Gasteiger partial charge < -0.3 is 15.0 Å². The number of nitrogens with zero attached hydrogens (tertiary/aromatic N) is 2.